The first-order valence-electron chi connectivity index (χ1n) is 4.98. The van der Waals surface area contributed by atoms with Gasteiger partial charge in [-0.05, 0) is 34.1 Å². The minimum atomic E-state index is -0.570. The Morgan fingerprint density at radius 2 is 2.17 bits per heavy atom. The summed E-state index contributed by atoms with van der Waals surface area (Å²) in [5, 5.41) is 13.5. The molecule has 1 heterocycles. The van der Waals surface area contributed by atoms with Crippen molar-refractivity contribution in [3.8, 4) is 0 Å². The first kappa shape index (κ1) is 12.6. The molecule has 2 aromatic rings. The molecule has 0 amide bonds. The number of nitro groups is 1. The van der Waals surface area contributed by atoms with Gasteiger partial charge in [0.2, 0.25) is 0 Å². The Labute approximate surface area is 110 Å². The van der Waals surface area contributed by atoms with E-state index in [2.05, 4.69) is 21.2 Å². The van der Waals surface area contributed by atoms with Crippen molar-refractivity contribution in [2.45, 2.75) is 6.54 Å². The molecular weight excluding hydrogens is 307 g/mol. The molecule has 1 aromatic carbocycles. The van der Waals surface area contributed by atoms with Gasteiger partial charge in [-0.1, -0.05) is 0 Å². The van der Waals surface area contributed by atoms with Crippen LogP contribution in [0.5, 0.6) is 0 Å². The summed E-state index contributed by atoms with van der Waals surface area (Å²) in [5.74, 6) is 0.0455. The number of anilines is 1. The summed E-state index contributed by atoms with van der Waals surface area (Å²) in [6, 6.07) is 6.66. The van der Waals surface area contributed by atoms with Crippen LogP contribution in [0.25, 0.3) is 0 Å². The van der Waals surface area contributed by atoms with Crippen molar-refractivity contribution in [3.63, 3.8) is 0 Å². The molecule has 94 valence electrons. The van der Waals surface area contributed by atoms with E-state index in [0.717, 1.165) is 18.2 Å². The second-order valence-corrected chi connectivity index (χ2v) is 4.26. The summed E-state index contributed by atoms with van der Waals surface area (Å²) in [7, 11) is 0. The van der Waals surface area contributed by atoms with E-state index in [1.807, 2.05) is 0 Å². The number of hydrogen-bond acceptors (Lipinski definition) is 4. The fraction of sp³-hybridized carbons (Fsp3) is 0.0909. The molecule has 5 nitrogen and oxygen atoms in total. The zero-order valence-corrected chi connectivity index (χ0v) is 10.6. The average molecular weight is 315 g/mol. The largest absolute Gasteiger partial charge is 0.452 e. The van der Waals surface area contributed by atoms with E-state index >= 15 is 0 Å². The van der Waals surface area contributed by atoms with Crippen LogP contribution in [0.4, 0.5) is 15.8 Å². The van der Waals surface area contributed by atoms with Crippen molar-refractivity contribution in [1.82, 2.24) is 0 Å². The molecule has 1 aromatic heterocycles. The number of benzene rings is 1. The van der Waals surface area contributed by atoms with Crippen molar-refractivity contribution in [2.75, 3.05) is 5.32 Å². The molecule has 0 saturated carbocycles. The summed E-state index contributed by atoms with van der Waals surface area (Å²) in [6.45, 7) is 0.232. The van der Waals surface area contributed by atoms with Crippen LogP contribution in [0.15, 0.2) is 39.4 Å². The topological polar surface area (TPSA) is 68.3 Å². The maximum absolute atomic E-state index is 13.0. The SMILES string of the molecule is O=[N+]([O-])c1ccc(F)cc1NCc1ccc(Br)o1. The van der Waals surface area contributed by atoms with E-state index in [4.69, 9.17) is 4.42 Å². The van der Waals surface area contributed by atoms with Crippen molar-refractivity contribution in [2.24, 2.45) is 0 Å². The van der Waals surface area contributed by atoms with Crippen LogP contribution in [0.1, 0.15) is 5.76 Å². The lowest BCUT2D eigenvalue weighted by atomic mass is 10.2. The van der Waals surface area contributed by atoms with E-state index in [1.54, 1.807) is 12.1 Å². The molecule has 1 N–H and O–H groups in total. The summed E-state index contributed by atoms with van der Waals surface area (Å²) < 4.78 is 18.8. The molecule has 18 heavy (non-hydrogen) atoms. The molecule has 0 aliphatic heterocycles. The van der Waals surface area contributed by atoms with E-state index < -0.39 is 10.7 Å². The van der Waals surface area contributed by atoms with E-state index in [9.17, 15) is 14.5 Å². The number of nitrogens with zero attached hydrogens (tertiary/aromatic N) is 1. The summed E-state index contributed by atoms with van der Waals surface area (Å²) in [5.41, 5.74) is -0.0606. The lowest BCUT2D eigenvalue weighted by molar-refractivity contribution is -0.384. The third kappa shape index (κ3) is 2.86. The molecular formula is C11H8BrFN2O3. The maximum atomic E-state index is 13.0. The van der Waals surface area contributed by atoms with Gasteiger partial charge in [-0.2, -0.15) is 0 Å². The van der Waals surface area contributed by atoms with Gasteiger partial charge in [0.25, 0.3) is 5.69 Å². The van der Waals surface area contributed by atoms with Crippen LogP contribution < -0.4 is 5.32 Å². The van der Waals surface area contributed by atoms with Crippen LogP contribution in [0, 0.1) is 15.9 Å². The highest BCUT2D eigenvalue weighted by atomic mass is 79.9. The highest BCUT2D eigenvalue weighted by Gasteiger charge is 2.14. The highest BCUT2D eigenvalue weighted by molar-refractivity contribution is 9.10. The predicted octanol–water partition coefficient (Wildman–Crippen LogP) is 3.70. The van der Waals surface area contributed by atoms with Gasteiger partial charge < -0.3 is 9.73 Å². The van der Waals surface area contributed by atoms with Crippen molar-refractivity contribution >= 4 is 27.3 Å². The zero-order valence-electron chi connectivity index (χ0n) is 9.02. The highest BCUT2D eigenvalue weighted by Crippen LogP contribution is 2.25. The van der Waals surface area contributed by atoms with Gasteiger partial charge in [-0.25, -0.2) is 4.39 Å². The van der Waals surface area contributed by atoms with Crippen LogP contribution >= 0.6 is 15.9 Å². The molecule has 2 rings (SSSR count). The smallest absolute Gasteiger partial charge is 0.292 e. The normalized spacial score (nSPS) is 10.3. The number of halogens is 2. The maximum Gasteiger partial charge on any atom is 0.292 e. The molecule has 7 heteroatoms. The molecule has 0 aliphatic carbocycles. The second-order valence-electron chi connectivity index (χ2n) is 3.48. The zero-order chi connectivity index (χ0) is 13.1. The Bertz CT molecular complexity index is 585. The molecule has 0 radical (unpaired) electrons. The van der Waals surface area contributed by atoms with Crippen LogP contribution in [-0.4, -0.2) is 4.92 Å². The van der Waals surface area contributed by atoms with Gasteiger partial charge in [0.15, 0.2) is 4.67 Å². The minimum Gasteiger partial charge on any atom is -0.452 e. The Kier molecular flexibility index (Phi) is 3.61. The number of hydrogen-bond donors (Lipinski definition) is 1. The number of nitrogens with one attached hydrogen (secondary N) is 1. The fourth-order valence-corrected chi connectivity index (χ4v) is 1.78. The Morgan fingerprint density at radius 1 is 1.39 bits per heavy atom. The first-order chi connectivity index (χ1) is 8.56. The van der Waals surface area contributed by atoms with E-state index in [-0.39, 0.29) is 17.9 Å². The van der Waals surface area contributed by atoms with Gasteiger partial charge in [0.05, 0.1) is 11.5 Å². The summed E-state index contributed by atoms with van der Waals surface area (Å²) in [4.78, 5) is 10.2. The third-order valence-corrected chi connectivity index (χ3v) is 2.66. The Balaban J connectivity index is 2.17. The summed E-state index contributed by atoms with van der Waals surface area (Å²) in [6.07, 6.45) is 0. The Morgan fingerprint density at radius 3 is 2.78 bits per heavy atom. The van der Waals surface area contributed by atoms with Crippen LogP contribution in [0.2, 0.25) is 0 Å². The standard InChI is InChI=1S/C11H8BrFN2O3/c12-11-4-2-8(18-11)6-14-9-5-7(13)1-3-10(9)15(16)17/h1-5,14H,6H2. The lowest BCUT2D eigenvalue weighted by Crippen LogP contribution is -2.02. The summed E-state index contributed by atoms with van der Waals surface area (Å²) >= 11 is 3.15. The van der Waals surface area contributed by atoms with Gasteiger partial charge in [0, 0.05) is 12.1 Å². The van der Waals surface area contributed by atoms with Crippen LogP contribution in [0.3, 0.4) is 0 Å². The quantitative estimate of drug-likeness (QED) is 0.690. The monoisotopic (exact) mass is 314 g/mol. The van der Waals surface area contributed by atoms with Crippen LogP contribution in [-0.2, 0) is 6.54 Å². The van der Waals surface area contributed by atoms with Crippen molar-refractivity contribution < 1.29 is 13.7 Å². The van der Waals surface area contributed by atoms with E-state index in [1.165, 1.54) is 0 Å². The fourth-order valence-electron chi connectivity index (χ4n) is 1.44. The number of nitro benzene ring substituents is 1. The first-order valence-corrected chi connectivity index (χ1v) is 5.77. The third-order valence-electron chi connectivity index (χ3n) is 2.24. The molecule has 0 saturated heterocycles. The predicted molar refractivity (Wildman–Crippen MR) is 66.8 cm³/mol. The van der Waals surface area contributed by atoms with E-state index in [0.29, 0.717) is 10.4 Å². The van der Waals surface area contributed by atoms with Gasteiger partial charge >= 0.3 is 0 Å². The van der Waals surface area contributed by atoms with Gasteiger partial charge in [-0.3, -0.25) is 10.1 Å². The lowest BCUT2D eigenvalue weighted by Gasteiger charge is -2.05. The Hall–Kier alpha value is -1.89. The molecule has 0 spiro atoms. The molecule has 0 aliphatic rings. The number of rotatable bonds is 4. The van der Waals surface area contributed by atoms with Crippen molar-refractivity contribution in [1.29, 1.82) is 0 Å². The van der Waals surface area contributed by atoms with Gasteiger partial charge in [-0.15, -0.1) is 0 Å². The number of furan rings is 1. The second kappa shape index (κ2) is 5.18. The average Bonchev–Trinajstić information content (AvgIpc) is 2.72. The molecule has 0 atom stereocenters. The molecule has 0 fully saturated rings. The molecule has 0 bridgehead atoms. The molecule has 0 unspecified atom stereocenters. The van der Waals surface area contributed by atoms with Crippen molar-refractivity contribution in [3.05, 3.63) is 56.7 Å². The van der Waals surface area contributed by atoms with Gasteiger partial charge in [0.1, 0.15) is 17.3 Å². The minimum absolute atomic E-state index is 0.118.